The number of rotatable bonds is 10. The molecule has 1 aliphatic rings. The van der Waals surface area contributed by atoms with Crippen LogP contribution in [0.1, 0.15) is 12.8 Å². The Kier molecular flexibility index (Phi) is 8.49. The largest absolute Gasteiger partial charge is 0.493 e. The van der Waals surface area contributed by atoms with Crippen LogP contribution in [-0.2, 0) is 14.8 Å². The molecule has 0 saturated carbocycles. The molecular weight excluding hydrogens is 502 g/mol. The van der Waals surface area contributed by atoms with Crippen LogP contribution in [0.3, 0.4) is 0 Å². The van der Waals surface area contributed by atoms with E-state index in [0.29, 0.717) is 54.2 Å². The Balaban J connectivity index is 1.29. The maximum Gasteiger partial charge on any atom is 0.243 e. The lowest BCUT2D eigenvalue weighted by Gasteiger charge is -2.31. The fourth-order valence-corrected chi connectivity index (χ4v) is 6.19. The van der Waals surface area contributed by atoms with Crippen LogP contribution in [0.15, 0.2) is 58.6 Å². The number of nitrogens with zero attached hydrogens (tertiary/aromatic N) is 3. The standard InChI is InChI=1S/C24H29N5O5S2/c1-33-20-11-10-19(15-21(20)34-2)36(31,32)29-13-6-9-18(16-29)23(30)25-12-14-35-24-26-22(27-28-24)17-7-4-3-5-8-17/h3-5,7-8,10-11,15,18H,6,9,12-14,16H2,1-2H3,(H,25,30)(H,26,27,28)/t18-/m1/s1. The van der Waals surface area contributed by atoms with Crippen LogP contribution in [-0.4, -0.2) is 73.4 Å². The molecule has 4 rings (SSSR count). The second-order valence-electron chi connectivity index (χ2n) is 8.19. The summed E-state index contributed by atoms with van der Waals surface area (Å²) in [5, 5.41) is 10.7. The number of H-pyrrole nitrogens is 1. The first-order chi connectivity index (χ1) is 17.4. The number of nitrogens with one attached hydrogen (secondary N) is 2. The number of amides is 1. The second kappa shape index (κ2) is 11.8. The maximum atomic E-state index is 13.2. The minimum absolute atomic E-state index is 0.110. The summed E-state index contributed by atoms with van der Waals surface area (Å²) in [5.74, 6) is 1.52. The lowest BCUT2D eigenvalue weighted by atomic mass is 9.99. The third-order valence-electron chi connectivity index (χ3n) is 5.89. The maximum absolute atomic E-state index is 13.2. The van der Waals surface area contributed by atoms with Gasteiger partial charge < -0.3 is 14.8 Å². The Hall–Kier alpha value is -3.09. The van der Waals surface area contributed by atoms with Crippen LogP contribution in [0, 0.1) is 5.92 Å². The van der Waals surface area contributed by atoms with Gasteiger partial charge in [0.1, 0.15) is 0 Å². The van der Waals surface area contributed by atoms with Crippen molar-refractivity contribution in [2.75, 3.05) is 39.6 Å². The van der Waals surface area contributed by atoms with Gasteiger partial charge in [-0.2, -0.15) is 4.31 Å². The van der Waals surface area contributed by atoms with Crippen LogP contribution >= 0.6 is 11.8 Å². The number of carbonyl (C=O) groups excluding carboxylic acids is 1. The Morgan fingerprint density at radius 3 is 2.69 bits per heavy atom. The van der Waals surface area contributed by atoms with Crippen molar-refractivity contribution in [3.05, 3.63) is 48.5 Å². The number of piperidine rings is 1. The summed E-state index contributed by atoms with van der Waals surface area (Å²) in [4.78, 5) is 17.4. The smallest absolute Gasteiger partial charge is 0.243 e. The van der Waals surface area contributed by atoms with E-state index in [1.807, 2.05) is 30.3 Å². The number of carbonyl (C=O) groups is 1. The number of methoxy groups -OCH3 is 2. The number of sulfonamides is 1. The number of hydrogen-bond donors (Lipinski definition) is 2. The molecular formula is C24H29N5O5S2. The van der Waals surface area contributed by atoms with Gasteiger partial charge in [0.25, 0.3) is 0 Å². The molecule has 1 aliphatic heterocycles. The molecule has 2 aromatic carbocycles. The van der Waals surface area contributed by atoms with E-state index < -0.39 is 15.9 Å². The lowest BCUT2D eigenvalue weighted by molar-refractivity contribution is -0.125. The van der Waals surface area contributed by atoms with E-state index in [1.54, 1.807) is 6.07 Å². The quantitative estimate of drug-likeness (QED) is 0.302. The monoisotopic (exact) mass is 531 g/mol. The predicted molar refractivity (Wildman–Crippen MR) is 137 cm³/mol. The third-order valence-corrected chi connectivity index (χ3v) is 8.60. The van der Waals surface area contributed by atoms with Gasteiger partial charge in [-0.25, -0.2) is 13.4 Å². The first-order valence-corrected chi connectivity index (χ1v) is 14.0. The van der Waals surface area contributed by atoms with Crippen molar-refractivity contribution in [3.63, 3.8) is 0 Å². The molecule has 1 atom stereocenters. The average Bonchev–Trinajstić information content (AvgIpc) is 3.40. The van der Waals surface area contributed by atoms with Crippen molar-refractivity contribution in [2.45, 2.75) is 22.9 Å². The van der Waals surface area contributed by atoms with E-state index in [9.17, 15) is 13.2 Å². The number of aromatic amines is 1. The summed E-state index contributed by atoms with van der Waals surface area (Å²) in [7, 11) is -0.826. The highest BCUT2D eigenvalue weighted by atomic mass is 32.2. The molecule has 1 aromatic heterocycles. The van der Waals surface area contributed by atoms with Crippen molar-refractivity contribution in [1.82, 2.24) is 24.8 Å². The molecule has 192 valence electrons. The van der Waals surface area contributed by atoms with E-state index in [-0.39, 0.29) is 17.3 Å². The van der Waals surface area contributed by atoms with Crippen LogP contribution < -0.4 is 14.8 Å². The van der Waals surface area contributed by atoms with Crippen LogP contribution in [0.25, 0.3) is 11.4 Å². The van der Waals surface area contributed by atoms with Crippen LogP contribution in [0.4, 0.5) is 0 Å². The molecule has 2 heterocycles. The number of hydrogen-bond acceptors (Lipinski definition) is 8. The average molecular weight is 532 g/mol. The van der Waals surface area contributed by atoms with Crippen molar-refractivity contribution in [2.24, 2.45) is 5.92 Å². The third kappa shape index (κ3) is 6.00. The molecule has 0 unspecified atom stereocenters. The molecule has 0 bridgehead atoms. The number of thioether (sulfide) groups is 1. The number of benzene rings is 2. The summed E-state index contributed by atoms with van der Waals surface area (Å²) in [5.41, 5.74) is 0.954. The molecule has 36 heavy (non-hydrogen) atoms. The Bertz CT molecular complexity index is 1280. The van der Waals surface area contributed by atoms with Gasteiger partial charge in [-0.1, -0.05) is 42.1 Å². The molecule has 1 amide bonds. The Morgan fingerprint density at radius 1 is 1.17 bits per heavy atom. The molecule has 12 heteroatoms. The van der Waals surface area contributed by atoms with Gasteiger partial charge in [-0.05, 0) is 25.0 Å². The van der Waals surface area contributed by atoms with Crippen molar-refractivity contribution in [1.29, 1.82) is 0 Å². The molecule has 3 aromatic rings. The van der Waals surface area contributed by atoms with Gasteiger partial charge in [0.2, 0.25) is 21.1 Å². The highest BCUT2D eigenvalue weighted by Crippen LogP contribution is 2.32. The molecule has 1 saturated heterocycles. The van der Waals surface area contributed by atoms with Crippen LogP contribution in [0.5, 0.6) is 11.5 Å². The zero-order valence-corrected chi connectivity index (χ0v) is 21.8. The number of aromatic nitrogens is 3. The molecule has 10 nitrogen and oxygen atoms in total. The van der Waals surface area contributed by atoms with Gasteiger partial charge in [0, 0.05) is 37.0 Å². The Morgan fingerprint density at radius 2 is 1.94 bits per heavy atom. The van der Waals surface area contributed by atoms with Crippen molar-refractivity contribution in [3.8, 4) is 22.9 Å². The number of ether oxygens (including phenoxy) is 2. The molecule has 0 radical (unpaired) electrons. The zero-order valence-electron chi connectivity index (χ0n) is 20.1. The summed E-state index contributed by atoms with van der Waals surface area (Å²) in [6.45, 7) is 0.930. The second-order valence-corrected chi connectivity index (χ2v) is 11.2. The van der Waals surface area contributed by atoms with Crippen molar-refractivity contribution >= 4 is 27.7 Å². The van der Waals surface area contributed by atoms with E-state index >= 15 is 0 Å². The van der Waals surface area contributed by atoms with E-state index in [2.05, 4.69) is 20.5 Å². The van der Waals surface area contributed by atoms with E-state index in [0.717, 1.165) is 5.56 Å². The van der Waals surface area contributed by atoms with Gasteiger partial charge in [-0.3, -0.25) is 9.89 Å². The molecule has 2 N–H and O–H groups in total. The molecule has 0 aliphatic carbocycles. The normalized spacial score (nSPS) is 16.4. The van der Waals surface area contributed by atoms with Gasteiger partial charge in [-0.15, -0.1) is 5.10 Å². The fraction of sp³-hybridized carbons (Fsp3) is 0.375. The summed E-state index contributed by atoms with van der Waals surface area (Å²) >= 11 is 1.44. The topological polar surface area (TPSA) is 127 Å². The molecule has 0 spiro atoms. The lowest BCUT2D eigenvalue weighted by Crippen LogP contribution is -2.45. The SMILES string of the molecule is COc1ccc(S(=O)(=O)N2CCC[C@@H](C(=O)NCCSc3n[nH]c(-c4ccccc4)n3)C2)cc1OC. The first-order valence-electron chi connectivity index (χ1n) is 11.5. The highest BCUT2D eigenvalue weighted by molar-refractivity contribution is 7.99. The highest BCUT2D eigenvalue weighted by Gasteiger charge is 2.33. The summed E-state index contributed by atoms with van der Waals surface area (Å²) in [6, 6.07) is 14.2. The summed E-state index contributed by atoms with van der Waals surface area (Å²) in [6.07, 6.45) is 1.25. The Labute approximate surface area is 214 Å². The predicted octanol–water partition coefficient (Wildman–Crippen LogP) is 2.80. The molecule has 1 fully saturated rings. The minimum atomic E-state index is -3.77. The van der Waals surface area contributed by atoms with Crippen LogP contribution in [0.2, 0.25) is 0 Å². The van der Waals surface area contributed by atoms with Gasteiger partial charge in [0.15, 0.2) is 17.3 Å². The van der Waals surface area contributed by atoms with E-state index in [4.69, 9.17) is 9.47 Å². The van der Waals surface area contributed by atoms with Crippen molar-refractivity contribution < 1.29 is 22.7 Å². The van der Waals surface area contributed by atoms with E-state index in [1.165, 1.54) is 42.4 Å². The summed E-state index contributed by atoms with van der Waals surface area (Å²) < 4.78 is 38.3. The van der Waals surface area contributed by atoms with Gasteiger partial charge >= 0.3 is 0 Å². The first kappa shape index (κ1) is 26.0. The fourth-order valence-electron chi connectivity index (χ4n) is 4.00. The minimum Gasteiger partial charge on any atom is -0.493 e. The zero-order chi connectivity index (χ0) is 25.5. The van der Waals surface area contributed by atoms with Gasteiger partial charge in [0.05, 0.1) is 25.0 Å².